The van der Waals surface area contributed by atoms with E-state index in [1.807, 2.05) is 11.7 Å². The first kappa shape index (κ1) is 10.9. The van der Waals surface area contributed by atoms with Crippen LogP contribution in [0.3, 0.4) is 0 Å². The van der Waals surface area contributed by atoms with E-state index in [1.54, 1.807) is 0 Å². The molecule has 1 aromatic rings. The Bertz CT molecular complexity index is 303. The van der Waals surface area contributed by atoms with Crippen molar-refractivity contribution in [3.63, 3.8) is 0 Å². The summed E-state index contributed by atoms with van der Waals surface area (Å²) in [5.74, 6) is 1.03. The lowest BCUT2D eigenvalue weighted by Gasteiger charge is -2.18. The molecule has 0 saturated carbocycles. The molecule has 14 heavy (non-hydrogen) atoms. The van der Waals surface area contributed by atoms with E-state index in [0.717, 1.165) is 36.6 Å². The summed E-state index contributed by atoms with van der Waals surface area (Å²) in [5, 5.41) is 4.38. The van der Waals surface area contributed by atoms with Crippen molar-refractivity contribution in [2.75, 3.05) is 24.2 Å². The third kappa shape index (κ3) is 1.84. The van der Waals surface area contributed by atoms with Crippen molar-refractivity contribution in [1.82, 2.24) is 9.78 Å². The van der Waals surface area contributed by atoms with E-state index in [0.29, 0.717) is 0 Å². The number of hydrogen-bond acceptors (Lipinski definition) is 3. The van der Waals surface area contributed by atoms with Gasteiger partial charge in [-0.3, -0.25) is 4.68 Å². The van der Waals surface area contributed by atoms with Crippen LogP contribution in [0, 0.1) is 0 Å². The van der Waals surface area contributed by atoms with Gasteiger partial charge < -0.3 is 10.6 Å². The van der Waals surface area contributed by atoms with Gasteiger partial charge in [-0.25, -0.2) is 0 Å². The van der Waals surface area contributed by atoms with Gasteiger partial charge in [0.05, 0.1) is 11.4 Å². The van der Waals surface area contributed by atoms with Crippen LogP contribution < -0.4 is 10.6 Å². The zero-order chi connectivity index (χ0) is 10.7. The molecule has 0 spiro atoms. The van der Waals surface area contributed by atoms with E-state index in [4.69, 9.17) is 5.73 Å². The minimum absolute atomic E-state index is 0.825. The molecule has 0 fully saturated rings. The lowest BCUT2D eigenvalue weighted by Crippen LogP contribution is -2.21. The Hall–Kier alpha value is -1.19. The van der Waals surface area contributed by atoms with Crippen LogP contribution in [0.25, 0.3) is 0 Å². The maximum atomic E-state index is 6.02. The molecule has 0 aliphatic carbocycles. The zero-order valence-corrected chi connectivity index (χ0v) is 9.54. The molecule has 0 atom stereocenters. The number of aromatic nitrogens is 2. The topological polar surface area (TPSA) is 47.1 Å². The van der Waals surface area contributed by atoms with Gasteiger partial charge in [-0.1, -0.05) is 13.8 Å². The van der Waals surface area contributed by atoms with Crippen LogP contribution in [0.4, 0.5) is 11.5 Å². The van der Waals surface area contributed by atoms with Gasteiger partial charge in [0.15, 0.2) is 0 Å². The van der Waals surface area contributed by atoms with E-state index in [1.165, 1.54) is 0 Å². The van der Waals surface area contributed by atoms with Crippen molar-refractivity contribution in [3.05, 3.63) is 5.69 Å². The Morgan fingerprint density at radius 2 is 2.07 bits per heavy atom. The summed E-state index contributed by atoms with van der Waals surface area (Å²) >= 11 is 0. The Labute approximate surface area is 85.7 Å². The first-order valence-corrected chi connectivity index (χ1v) is 5.14. The van der Waals surface area contributed by atoms with Crippen LogP contribution in [-0.2, 0) is 13.5 Å². The molecule has 0 aromatic carbocycles. The normalized spacial score (nSPS) is 10.6. The van der Waals surface area contributed by atoms with Crippen molar-refractivity contribution in [2.45, 2.75) is 26.7 Å². The van der Waals surface area contributed by atoms with Crippen LogP contribution in [0.15, 0.2) is 0 Å². The average Bonchev–Trinajstić information content (AvgIpc) is 2.41. The molecule has 0 saturated heterocycles. The molecule has 0 radical (unpaired) electrons. The van der Waals surface area contributed by atoms with Crippen LogP contribution in [0.5, 0.6) is 0 Å². The summed E-state index contributed by atoms with van der Waals surface area (Å²) in [6.45, 7) is 5.24. The highest BCUT2D eigenvalue weighted by Crippen LogP contribution is 2.25. The van der Waals surface area contributed by atoms with Crippen LogP contribution in [0.2, 0.25) is 0 Å². The predicted octanol–water partition coefficient (Wildman–Crippen LogP) is 1.41. The lowest BCUT2D eigenvalue weighted by atomic mass is 10.3. The highest BCUT2D eigenvalue weighted by atomic mass is 15.4. The average molecular weight is 196 g/mol. The van der Waals surface area contributed by atoms with Crippen LogP contribution in [0.1, 0.15) is 26.0 Å². The molecule has 0 amide bonds. The lowest BCUT2D eigenvalue weighted by molar-refractivity contribution is 0.715. The van der Waals surface area contributed by atoms with E-state index in [2.05, 4.69) is 30.9 Å². The fourth-order valence-corrected chi connectivity index (χ4v) is 1.74. The summed E-state index contributed by atoms with van der Waals surface area (Å²) in [6, 6.07) is 0. The molecule has 80 valence electrons. The van der Waals surface area contributed by atoms with E-state index >= 15 is 0 Å². The van der Waals surface area contributed by atoms with Gasteiger partial charge in [0.2, 0.25) is 0 Å². The fraction of sp³-hybridized carbons (Fsp3) is 0.700. The monoisotopic (exact) mass is 196 g/mol. The quantitative estimate of drug-likeness (QED) is 0.792. The maximum Gasteiger partial charge on any atom is 0.150 e. The Kier molecular flexibility index (Phi) is 3.38. The Morgan fingerprint density at radius 3 is 2.50 bits per heavy atom. The summed E-state index contributed by atoms with van der Waals surface area (Å²) in [4.78, 5) is 2.15. The Morgan fingerprint density at radius 1 is 1.43 bits per heavy atom. The number of rotatable bonds is 4. The van der Waals surface area contributed by atoms with Gasteiger partial charge >= 0.3 is 0 Å². The third-order valence-electron chi connectivity index (χ3n) is 2.38. The van der Waals surface area contributed by atoms with Crippen molar-refractivity contribution in [2.24, 2.45) is 7.05 Å². The highest BCUT2D eigenvalue weighted by molar-refractivity contribution is 5.66. The third-order valence-corrected chi connectivity index (χ3v) is 2.38. The standard InChI is InChI=1S/C10H20N4/c1-5-7-13(3)10-9(11)8(6-2)12-14(10)4/h5-7,11H2,1-4H3. The first-order chi connectivity index (χ1) is 6.61. The van der Waals surface area contributed by atoms with E-state index in [9.17, 15) is 0 Å². The highest BCUT2D eigenvalue weighted by Gasteiger charge is 2.14. The Balaban J connectivity index is 3.01. The molecule has 4 heteroatoms. The number of nitrogens with zero attached hydrogens (tertiary/aromatic N) is 3. The van der Waals surface area contributed by atoms with E-state index < -0.39 is 0 Å². The van der Waals surface area contributed by atoms with Crippen molar-refractivity contribution in [3.8, 4) is 0 Å². The summed E-state index contributed by atoms with van der Waals surface area (Å²) < 4.78 is 1.86. The predicted molar refractivity (Wildman–Crippen MR) is 60.6 cm³/mol. The number of aryl methyl sites for hydroxylation is 2. The van der Waals surface area contributed by atoms with Gasteiger partial charge in [0, 0.05) is 20.6 Å². The minimum atomic E-state index is 0.825. The van der Waals surface area contributed by atoms with Crippen molar-refractivity contribution < 1.29 is 0 Å². The van der Waals surface area contributed by atoms with Gasteiger partial charge in [0.25, 0.3) is 0 Å². The number of nitrogen functional groups attached to an aromatic ring is 1. The second kappa shape index (κ2) is 4.35. The first-order valence-electron chi connectivity index (χ1n) is 5.14. The smallest absolute Gasteiger partial charge is 0.150 e. The second-order valence-electron chi connectivity index (χ2n) is 3.58. The van der Waals surface area contributed by atoms with Crippen LogP contribution in [-0.4, -0.2) is 23.4 Å². The molecular weight excluding hydrogens is 176 g/mol. The number of nitrogens with two attached hydrogens (primary N) is 1. The molecule has 2 N–H and O–H groups in total. The second-order valence-corrected chi connectivity index (χ2v) is 3.58. The zero-order valence-electron chi connectivity index (χ0n) is 9.54. The van der Waals surface area contributed by atoms with Gasteiger partial charge in [-0.05, 0) is 12.8 Å². The summed E-state index contributed by atoms with van der Waals surface area (Å²) in [6.07, 6.45) is 2.00. The van der Waals surface area contributed by atoms with E-state index in [-0.39, 0.29) is 0 Å². The molecule has 4 nitrogen and oxygen atoms in total. The van der Waals surface area contributed by atoms with Gasteiger partial charge in [-0.15, -0.1) is 0 Å². The minimum Gasteiger partial charge on any atom is -0.394 e. The number of anilines is 2. The van der Waals surface area contributed by atoms with Crippen molar-refractivity contribution >= 4 is 11.5 Å². The van der Waals surface area contributed by atoms with Crippen LogP contribution >= 0.6 is 0 Å². The fourth-order valence-electron chi connectivity index (χ4n) is 1.74. The maximum absolute atomic E-state index is 6.02. The molecule has 0 unspecified atom stereocenters. The SMILES string of the molecule is CCCN(C)c1c(N)c(CC)nn1C. The molecule has 0 bridgehead atoms. The molecule has 1 aromatic heterocycles. The molecule has 0 aliphatic rings. The van der Waals surface area contributed by atoms with Gasteiger partial charge in [-0.2, -0.15) is 5.10 Å². The van der Waals surface area contributed by atoms with Crippen molar-refractivity contribution in [1.29, 1.82) is 0 Å². The largest absolute Gasteiger partial charge is 0.394 e. The summed E-state index contributed by atoms with van der Waals surface area (Å²) in [7, 11) is 3.99. The molecule has 1 heterocycles. The molecule has 0 aliphatic heterocycles. The van der Waals surface area contributed by atoms with Gasteiger partial charge in [0.1, 0.15) is 5.82 Å². The summed E-state index contributed by atoms with van der Waals surface area (Å²) in [5.41, 5.74) is 7.84. The number of hydrogen-bond donors (Lipinski definition) is 1. The molecular formula is C10H20N4. The molecule has 1 rings (SSSR count).